The van der Waals surface area contributed by atoms with Crippen molar-refractivity contribution in [3.63, 3.8) is 0 Å². The van der Waals surface area contributed by atoms with Gasteiger partial charge in [0.1, 0.15) is 0 Å². The molecule has 1 nitrogen and oxygen atoms in total. The van der Waals surface area contributed by atoms with Crippen molar-refractivity contribution in [2.45, 2.75) is 38.1 Å². The SMILES string of the molecule is CC1(C)c2ccccc2CCC1N. The van der Waals surface area contributed by atoms with Crippen molar-refractivity contribution in [2.24, 2.45) is 5.73 Å². The second-order valence-corrected chi connectivity index (χ2v) is 4.52. The molecule has 0 aliphatic heterocycles. The number of hydrogen-bond acceptors (Lipinski definition) is 1. The van der Waals surface area contributed by atoms with Crippen molar-refractivity contribution in [1.82, 2.24) is 0 Å². The Bertz CT molecular complexity index is 315. The maximum absolute atomic E-state index is 6.13. The Labute approximate surface area is 80.0 Å². The lowest BCUT2D eigenvalue weighted by Crippen LogP contribution is -2.44. The first kappa shape index (κ1) is 8.76. The quantitative estimate of drug-likeness (QED) is 0.643. The van der Waals surface area contributed by atoms with E-state index in [1.165, 1.54) is 11.1 Å². The molecule has 2 N–H and O–H groups in total. The van der Waals surface area contributed by atoms with Crippen LogP contribution in [0.4, 0.5) is 0 Å². The highest BCUT2D eigenvalue weighted by Crippen LogP contribution is 2.35. The summed E-state index contributed by atoms with van der Waals surface area (Å²) in [7, 11) is 0. The van der Waals surface area contributed by atoms with Gasteiger partial charge in [0.15, 0.2) is 0 Å². The summed E-state index contributed by atoms with van der Waals surface area (Å²) < 4.78 is 0. The van der Waals surface area contributed by atoms with E-state index < -0.39 is 0 Å². The van der Waals surface area contributed by atoms with E-state index in [0.29, 0.717) is 6.04 Å². The van der Waals surface area contributed by atoms with Crippen LogP contribution in [0.25, 0.3) is 0 Å². The highest BCUT2D eigenvalue weighted by atomic mass is 14.7. The van der Waals surface area contributed by atoms with E-state index in [1.807, 2.05) is 0 Å². The Morgan fingerprint density at radius 2 is 2.00 bits per heavy atom. The number of nitrogens with two attached hydrogens (primary N) is 1. The molecule has 2 rings (SSSR count). The maximum atomic E-state index is 6.13. The summed E-state index contributed by atoms with van der Waals surface area (Å²) in [5.74, 6) is 0. The molecule has 1 aliphatic carbocycles. The summed E-state index contributed by atoms with van der Waals surface area (Å²) >= 11 is 0. The zero-order valence-electron chi connectivity index (χ0n) is 8.38. The van der Waals surface area contributed by atoms with Crippen LogP contribution in [0.15, 0.2) is 24.3 Å². The van der Waals surface area contributed by atoms with E-state index in [-0.39, 0.29) is 5.41 Å². The first-order chi connectivity index (χ1) is 6.12. The first-order valence-electron chi connectivity index (χ1n) is 4.96. The van der Waals surface area contributed by atoms with Gasteiger partial charge >= 0.3 is 0 Å². The molecule has 1 aliphatic rings. The molecule has 0 fully saturated rings. The molecule has 1 unspecified atom stereocenters. The molecule has 1 heteroatoms. The average molecular weight is 175 g/mol. The number of aryl methyl sites for hydroxylation is 1. The summed E-state index contributed by atoms with van der Waals surface area (Å²) in [5, 5.41) is 0. The highest BCUT2D eigenvalue weighted by Gasteiger charge is 2.33. The van der Waals surface area contributed by atoms with E-state index in [2.05, 4.69) is 38.1 Å². The maximum Gasteiger partial charge on any atom is 0.0134 e. The van der Waals surface area contributed by atoms with Gasteiger partial charge in [-0.25, -0.2) is 0 Å². The average Bonchev–Trinajstić information content (AvgIpc) is 2.13. The van der Waals surface area contributed by atoms with Crippen LogP contribution >= 0.6 is 0 Å². The van der Waals surface area contributed by atoms with Gasteiger partial charge in [-0.1, -0.05) is 38.1 Å². The Morgan fingerprint density at radius 3 is 2.77 bits per heavy atom. The Hall–Kier alpha value is -0.820. The lowest BCUT2D eigenvalue weighted by atomic mass is 9.70. The second-order valence-electron chi connectivity index (χ2n) is 4.52. The van der Waals surface area contributed by atoms with E-state index in [1.54, 1.807) is 0 Å². The number of hydrogen-bond donors (Lipinski definition) is 1. The van der Waals surface area contributed by atoms with Crippen LogP contribution in [0, 0.1) is 0 Å². The van der Waals surface area contributed by atoms with Crippen molar-refractivity contribution < 1.29 is 0 Å². The summed E-state index contributed by atoms with van der Waals surface area (Å²) in [5.41, 5.74) is 9.19. The van der Waals surface area contributed by atoms with Gasteiger partial charge in [0.25, 0.3) is 0 Å². The number of rotatable bonds is 0. The highest BCUT2D eigenvalue weighted by molar-refractivity contribution is 5.37. The third-order valence-electron chi connectivity index (χ3n) is 3.36. The topological polar surface area (TPSA) is 26.0 Å². The van der Waals surface area contributed by atoms with Gasteiger partial charge in [-0.05, 0) is 24.0 Å². The van der Waals surface area contributed by atoms with E-state index in [4.69, 9.17) is 5.73 Å². The standard InChI is InChI=1S/C12H17N/c1-12(2)10-6-4-3-5-9(10)7-8-11(12)13/h3-6,11H,7-8,13H2,1-2H3. The molecule has 70 valence electrons. The fourth-order valence-corrected chi connectivity index (χ4v) is 2.24. The molecule has 0 radical (unpaired) electrons. The zero-order valence-corrected chi connectivity index (χ0v) is 8.38. The van der Waals surface area contributed by atoms with Crippen LogP contribution < -0.4 is 5.73 Å². The lowest BCUT2D eigenvalue weighted by molar-refractivity contribution is 0.364. The van der Waals surface area contributed by atoms with E-state index in [0.717, 1.165) is 12.8 Å². The molecular formula is C12H17N. The van der Waals surface area contributed by atoms with Crippen LogP contribution in [0.5, 0.6) is 0 Å². The van der Waals surface area contributed by atoms with Crippen molar-refractivity contribution in [1.29, 1.82) is 0 Å². The Balaban J connectivity index is 2.52. The van der Waals surface area contributed by atoms with E-state index >= 15 is 0 Å². The first-order valence-corrected chi connectivity index (χ1v) is 4.96. The normalized spacial score (nSPS) is 25.3. The summed E-state index contributed by atoms with van der Waals surface area (Å²) in [6.07, 6.45) is 2.25. The molecule has 0 aromatic heterocycles. The van der Waals surface area contributed by atoms with Gasteiger partial charge in [0.05, 0.1) is 0 Å². The predicted molar refractivity (Wildman–Crippen MR) is 55.8 cm³/mol. The van der Waals surface area contributed by atoms with Gasteiger partial charge < -0.3 is 5.73 Å². The van der Waals surface area contributed by atoms with Gasteiger partial charge in [0.2, 0.25) is 0 Å². The summed E-state index contributed by atoms with van der Waals surface area (Å²) in [6.45, 7) is 4.49. The molecule has 0 saturated heterocycles. The minimum Gasteiger partial charge on any atom is -0.327 e. The largest absolute Gasteiger partial charge is 0.327 e. The molecule has 1 atom stereocenters. The van der Waals surface area contributed by atoms with Gasteiger partial charge in [0, 0.05) is 11.5 Å². The van der Waals surface area contributed by atoms with Crippen LogP contribution in [0.3, 0.4) is 0 Å². The predicted octanol–water partition coefficient (Wildman–Crippen LogP) is 2.24. The fourth-order valence-electron chi connectivity index (χ4n) is 2.24. The number of fused-ring (bicyclic) bond motifs is 1. The van der Waals surface area contributed by atoms with Gasteiger partial charge in [-0.2, -0.15) is 0 Å². The summed E-state index contributed by atoms with van der Waals surface area (Å²) in [4.78, 5) is 0. The third-order valence-corrected chi connectivity index (χ3v) is 3.36. The molecule has 1 aromatic carbocycles. The second kappa shape index (κ2) is 2.85. The van der Waals surface area contributed by atoms with Crippen molar-refractivity contribution in [2.75, 3.05) is 0 Å². The molecular weight excluding hydrogens is 158 g/mol. The van der Waals surface area contributed by atoms with Gasteiger partial charge in [-0.3, -0.25) is 0 Å². The zero-order chi connectivity index (χ0) is 9.47. The third kappa shape index (κ3) is 1.28. The van der Waals surface area contributed by atoms with Crippen LogP contribution in [0.2, 0.25) is 0 Å². The molecule has 0 heterocycles. The molecule has 1 aromatic rings. The van der Waals surface area contributed by atoms with Crippen molar-refractivity contribution in [3.8, 4) is 0 Å². The van der Waals surface area contributed by atoms with Crippen molar-refractivity contribution >= 4 is 0 Å². The molecule has 0 spiro atoms. The van der Waals surface area contributed by atoms with Crippen molar-refractivity contribution in [3.05, 3.63) is 35.4 Å². The molecule has 0 bridgehead atoms. The van der Waals surface area contributed by atoms with Crippen LogP contribution in [0.1, 0.15) is 31.4 Å². The van der Waals surface area contributed by atoms with E-state index in [9.17, 15) is 0 Å². The minimum absolute atomic E-state index is 0.148. The monoisotopic (exact) mass is 175 g/mol. The fraction of sp³-hybridized carbons (Fsp3) is 0.500. The van der Waals surface area contributed by atoms with Gasteiger partial charge in [-0.15, -0.1) is 0 Å². The van der Waals surface area contributed by atoms with Crippen LogP contribution in [-0.4, -0.2) is 6.04 Å². The Morgan fingerprint density at radius 1 is 1.31 bits per heavy atom. The molecule has 0 saturated carbocycles. The Kier molecular flexibility index (Phi) is 1.92. The smallest absolute Gasteiger partial charge is 0.0134 e. The molecule has 0 amide bonds. The number of benzene rings is 1. The van der Waals surface area contributed by atoms with Crippen LogP contribution in [-0.2, 0) is 11.8 Å². The molecule has 13 heavy (non-hydrogen) atoms. The summed E-state index contributed by atoms with van der Waals surface area (Å²) in [6, 6.07) is 8.98. The lowest BCUT2D eigenvalue weighted by Gasteiger charge is -2.38. The minimum atomic E-state index is 0.148.